The number of methoxy groups -OCH3 is 1. The minimum Gasteiger partial charge on any atom is -0.508 e. The Hall–Kier alpha value is -2.75. The van der Waals surface area contributed by atoms with Crippen LogP contribution in [-0.4, -0.2) is 12.2 Å². The van der Waals surface area contributed by atoms with Gasteiger partial charge in [0.15, 0.2) is 0 Å². The van der Waals surface area contributed by atoms with Crippen LogP contribution < -0.4 is 10.4 Å². The third kappa shape index (κ3) is 2.23. The van der Waals surface area contributed by atoms with Gasteiger partial charge in [-0.2, -0.15) is 0 Å². The molecule has 0 atom stereocenters. The van der Waals surface area contributed by atoms with Gasteiger partial charge < -0.3 is 14.3 Å². The summed E-state index contributed by atoms with van der Waals surface area (Å²) >= 11 is 0. The van der Waals surface area contributed by atoms with E-state index in [-0.39, 0.29) is 11.4 Å². The Morgan fingerprint density at radius 2 is 1.85 bits per heavy atom. The highest BCUT2D eigenvalue weighted by atomic mass is 16.5. The summed E-state index contributed by atoms with van der Waals surface area (Å²) in [5.41, 5.74) is 1.90. The summed E-state index contributed by atoms with van der Waals surface area (Å²) in [6, 6.07) is 13.6. The van der Waals surface area contributed by atoms with Gasteiger partial charge in [0, 0.05) is 17.5 Å². The van der Waals surface area contributed by atoms with Crippen molar-refractivity contribution in [1.29, 1.82) is 0 Å². The van der Waals surface area contributed by atoms with Gasteiger partial charge in [-0.05, 0) is 41.5 Å². The highest BCUT2D eigenvalue weighted by Gasteiger charge is 2.05. The fourth-order valence-corrected chi connectivity index (χ4v) is 2.12. The third-order valence-electron chi connectivity index (χ3n) is 3.08. The molecule has 0 aliphatic rings. The number of hydrogen-bond acceptors (Lipinski definition) is 4. The Bertz CT molecular complexity index is 833. The highest BCUT2D eigenvalue weighted by molar-refractivity contribution is 5.83. The lowest BCUT2D eigenvalue weighted by Gasteiger charge is -2.07. The Balaban J connectivity index is 2.17. The first-order valence-electron chi connectivity index (χ1n) is 6.08. The quantitative estimate of drug-likeness (QED) is 0.725. The van der Waals surface area contributed by atoms with Gasteiger partial charge in [-0.15, -0.1) is 0 Å². The summed E-state index contributed by atoms with van der Waals surface area (Å²) in [7, 11) is 1.55. The number of rotatable bonds is 2. The molecule has 1 N–H and O–H groups in total. The van der Waals surface area contributed by atoms with E-state index in [4.69, 9.17) is 9.15 Å². The summed E-state index contributed by atoms with van der Waals surface area (Å²) in [4.78, 5) is 11.2. The predicted molar refractivity (Wildman–Crippen MR) is 76.1 cm³/mol. The predicted octanol–water partition coefficient (Wildman–Crippen LogP) is 3.17. The van der Waals surface area contributed by atoms with Crippen molar-refractivity contribution in [2.24, 2.45) is 0 Å². The van der Waals surface area contributed by atoms with Crippen LogP contribution in [-0.2, 0) is 0 Å². The number of aromatic hydroxyl groups is 1. The van der Waals surface area contributed by atoms with Gasteiger partial charge in [0.25, 0.3) is 0 Å². The summed E-state index contributed by atoms with van der Waals surface area (Å²) in [5.74, 6) is 0.721. The van der Waals surface area contributed by atoms with Crippen LogP contribution in [0.4, 0.5) is 0 Å². The zero-order valence-corrected chi connectivity index (χ0v) is 10.8. The third-order valence-corrected chi connectivity index (χ3v) is 3.08. The second kappa shape index (κ2) is 4.74. The van der Waals surface area contributed by atoms with Gasteiger partial charge in [0.2, 0.25) is 0 Å². The van der Waals surface area contributed by atoms with E-state index in [0.29, 0.717) is 11.3 Å². The van der Waals surface area contributed by atoms with Crippen molar-refractivity contribution < 1.29 is 14.3 Å². The molecule has 4 heteroatoms. The van der Waals surface area contributed by atoms with Crippen LogP contribution in [0.1, 0.15) is 0 Å². The molecule has 100 valence electrons. The lowest BCUT2D eigenvalue weighted by molar-refractivity contribution is 0.408. The molecule has 3 aromatic rings. The molecule has 0 aliphatic carbocycles. The molecule has 20 heavy (non-hydrogen) atoms. The van der Waals surface area contributed by atoms with E-state index in [1.165, 1.54) is 6.07 Å². The van der Waals surface area contributed by atoms with E-state index >= 15 is 0 Å². The Labute approximate surface area is 114 Å². The molecule has 0 radical (unpaired) electrons. The minimum atomic E-state index is -0.371. The number of benzene rings is 2. The van der Waals surface area contributed by atoms with Crippen LogP contribution >= 0.6 is 0 Å². The summed E-state index contributed by atoms with van der Waals surface area (Å²) < 4.78 is 10.2. The van der Waals surface area contributed by atoms with Gasteiger partial charge in [0.1, 0.15) is 17.1 Å². The van der Waals surface area contributed by atoms with Crippen molar-refractivity contribution in [1.82, 2.24) is 0 Å². The van der Waals surface area contributed by atoms with E-state index in [1.54, 1.807) is 31.4 Å². The van der Waals surface area contributed by atoms with Gasteiger partial charge in [-0.1, -0.05) is 6.07 Å². The van der Waals surface area contributed by atoms with E-state index in [2.05, 4.69) is 0 Å². The molecule has 0 bridgehead atoms. The van der Waals surface area contributed by atoms with Crippen LogP contribution in [0.3, 0.4) is 0 Å². The van der Waals surface area contributed by atoms with Crippen LogP contribution in [0.25, 0.3) is 22.1 Å². The molecule has 0 fully saturated rings. The van der Waals surface area contributed by atoms with Gasteiger partial charge in [0.05, 0.1) is 7.11 Å². The zero-order valence-electron chi connectivity index (χ0n) is 10.8. The SMILES string of the molecule is COc1cc(O)cc(-c2ccc3oc(=O)ccc3c2)c1. The Morgan fingerprint density at radius 1 is 1.00 bits per heavy atom. The van der Waals surface area contributed by atoms with E-state index < -0.39 is 0 Å². The van der Waals surface area contributed by atoms with Crippen molar-refractivity contribution >= 4 is 11.0 Å². The van der Waals surface area contributed by atoms with E-state index in [9.17, 15) is 9.90 Å². The maximum atomic E-state index is 11.2. The van der Waals surface area contributed by atoms with Crippen molar-refractivity contribution in [3.63, 3.8) is 0 Å². The smallest absolute Gasteiger partial charge is 0.336 e. The van der Waals surface area contributed by atoms with Gasteiger partial charge >= 0.3 is 5.63 Å². The van der Waals surface area contributed by atoms with Crippen molar-refractivity contribution in [3.8, 4) is 22.6 Å². The van der Waals surface area contributed by atoms with Crippen molar-refractivity contribution in [2.75, 3.05) is 7.11 Å². The Kier molecular flexibility index (Phi) is 2.91. The maximum absolute atomic E-state index is 11.2. The van der Waals surface area contributed by atoms with Crippen LogP contribution in [0.5, 0.6) is 11.5 Å². The standard InChI is InChI=1S/C16H12O4/c1-19-14-8-12(7-13(17)9-14)10-2-4-15-11(6-10)3-5-16(18)20-15/h2-9,17H,1H3. The lowest BCUT2D eigenvalue weighted by atomic mass is 10.0. The highest BCUT2D eigenvalue weighted by Crippen LogP contribution is 2.30. The van der Waals surface area contributed by atoms with Crippen molar-refractivity contribution in [3.05, 3.63) is 59.0 Å². The van der Waals surface area contributed by atoms with Gasteiger partial charge in [-0.25, -0.2) is 4.79 Å². The summed E-state index contributed by atoms with van der Waals surface area (Å²) in [5, 5.41) is 10.5. The maximum Gasteiger partial charge on any atom is 0.336 e. The molecule has 0 saturated heterocycles. The minimum absolute atomic E-state index is 0.138. The number of phenolic OH excluding ortho intramolecular Hbond substituents is 1. The lowest BCUT2D eigenvalue weighted by Crippen LogP contribution is -1.94. The zero-order chi connectivity index (χ0) is 14.1. The second-order valence-corrected chi connectivity index (χ2v) is 4.43. The normalized spacial score (nSPS) is 10.7. The van der Waals surface area contributed by atoms with Crippen molar-refractivity contribution in [2.45, 2.75) is 0 Å². The monoisotopic (exact) mass is 268 g/mol. The molecule has 0 unspecified atom stereocenters. The fourth-order valence-electron chi connectivity index (χ4n) is 2.12. The molecular formula is C16H12O4. The number of phenols is 1. The second-order valence-electron chi connectivity index (χ2n) is 4.43. The molecule has 3 rings (SSSR count). The molecular weight excluding hydrogens is 256 g/mol. The molecule has 0 spiro atoms. The molecule has 2 aromatic carbocycles. The van der Waals surface area contributed by atoms with E-state index in [0.717, 1.165) is 16.5 Å². The average Bonchev–Trinajstić information content (AvgIpc) is 2.46. The summed E-state index contributed by atoms with van der Waals surface area (Å²) in [6.07, 6.45) is 0. The number of hydrogen-bond donors (Lipinski definition) is 1. The first-order chi connectivity index (χ1) is 9.65. The first kappa shape index (κ1) is 12.3. The molecule has 0 aliphatic heterocycles. The van der Waals surface area contributed by atoms with Crippen LogP contribution in [0.2, 0.25) is 0 Å². The Morgan fingerprint density at radius 3 is 2.65 bits per heavy atom. The van der Waals surface area contributed by atoms with Crippen LogP contribution in [0.15, 0.2) is 57.7 Å². The van der Waals surface area contributed by atoms with Gasteiger partial charge in [-0.3, -0.25) is 0 Å². The number of fused-ring (bicyclic) bond motifs is 1. The fraction of sp³-hybridized carbons (Fsp3) is 0.0625. The average molecular weight is 268 g/mol. The molecule has 1 heterocycles. The topological polar surface area (TPSA) is 59.7 Å². The molecule has 0 amide bonds. The number of ether oxygens (including phenoxy) is 1. The molecule has 0 saturated carbocycles. The molecule has 4 nitrogen and oxygen atoms in total. The summed E-state index contributed by atoms with van der Waals surface area (Å²) in [6.45, 7) is 0. The first-order valence-corrected chi connectivity index (χ1v) is 6.08. The van der Waals surface area contributed by atoms with E-state index in [1.807, 2.05) is 18.2 Å². The molecule has 1 aromatic heterocycles. The largest absolute Gasteiger partial charge is 0.508 e. The van der Waals surface area contributed by atoms with Crippen LogP contribution in [0, 0.1) is 0 Å².